The molecule has 0 aliphatic carbocycles. The van der Waals surface area contributed by atoms with Crippen LogP contribution in [0, 0.1) is 6.92 Å². The molecule has 2 heterocycles. The van der Waals surface area contributed by atoms with E-state index in [-0.39, 0.29) is 6.04 Å². The van der Waals surface area contributed by atoms with Crippen molar-refractivity contribution in [2.24, 2.45) is 5.73 Å². The molecule has 1 aromatic carbocycles. The van der Waals surface area contributed by atoms with Crippen molar-refractivity contribution in [1.29, 1.82) is 0 Å². The van der Waals surface area contributed by atoms with Crippen LogP contribution in [0.2, 0.25) is 0 Å². The van der Waals surface area contributed by atoms with Crippen LogP contribution in [0.15, 0.2) is 30.3 Å². The van der Waals surface area contributed by atoms with Gasteiger partial charge in [0, 0.05) is 0 Å². The molecule has 6 heteroatoms. The highest BCUT2D eigenvalue weighted by atomic mass is 32.1. The third-order valence-electron chi connectivity index (χ3n) is 2.75. The lowest BCUT2D eigenvalue weighted by molar-refractivity contribution is 0.639. The van der Waals surface area contributed by atoms with E-state index in [1.807, 2.05) is 25.1 Å². The zero-order valence-corrected chi connectivity index (χ0v) is 10.8. The minimum absolute atomic E-state index is 0.191. The van der Waals surface area contributed by atoms with E-state index in [4.69, 9.17) is 5.73 Å². The van der Waals surface area contributed by atoms with Gasteiger partial charge in [0.1, 0.15) is 5.01 Å². The Kier molecular flexibility index (Phi) is 2.81. The highest BCUT2D eigenvalue weighted by molar-refractivity contribution is 7.16. The molecule has 0 saturated carbocycles. The molecule has 1 unspecified atom stereocenters. The third kappa shape index (κ3) is 2.00. The highest BCUT2D eigenvalue weighted by Crippen LogP contribution is 2.18. The summed E-state index contributed by atoms with van der Waals surface area (Å²) in [6.45, 7) is 1.95. The standard InChI is InChI=1S/C12H13N5S/c1-8-16-17-11(14-15-12(17)18-8)10(13)7-9-5-3-2-4-6-9/h2-6,10H,7,13H2,1H3. The first-order valence-electron chi connectivity index (χ1n) is 5.72. The number of nitrogens with zero attached hydrogens (tertiary/aromatic N) is 4. The number of nitrogens with two attached hydrogens (primary N) is 1. The lowest BCUT2D eigenvalue weighted by Crippen LogP contribution is -2.17. The Morgan fingerprint density at radius 3 is 2.83 bits per heavy atom. The van der Waals surface area contributed by atoms with Gasteiger partial charge in [-0.05, 0) is 18.9 Å². The number of hydrogen-bond acceptors (Lipinski definition) is 5. The number of hydrogen-bond donors (Lipinski definition) is 1. The van der Waals surface area contributed by atoms with Crippen molar-refractivity contribution in [3.63, 3.8) is 0 Å². The van der Waals surface area contributed by atoms with E-state index in [0.717, 1.165) is 22.2 Å². The lowest BCUT2D eigenvalue weighted by Gasteiger charge is -2.08. The van der Waals surface area contributed by atoms with Gasteiger partial charge in [0.2, 0.25) is 4.96 Å². The van der Waals surface area contributed by atoms with Crippen molar-refractivity contribution in [2.45, 2.75) is 19.4 Å². The van der Waals surface area contributed by atoms with Gasteiger partial charge in [-0.25, -0.2) is 0 Å². The summed E-state index contributed by atoms with van der Waals surface area (Å²) in [5.41, 5.74) is 7.38. The van der Waals surface area contributed by atoms with E-state index >= 15 is 0 Å². The summed E-state index contributed by atoms with van der Waals surface area (Å²) in [4.78, 5) is 0.797. The van der Waals surface area contributed by atoms with Gasteiger partial charge >= 0.3 is 0 Å². The molecule has 0 fully saturated rings. The molecule has 0 saturated heterocycles. The summed E-state index contributed by atoms with van der Waals surface area (Å²) in [6.07, 6.45) is 0.734. The van der Waals surface area contributed by atoms with Gasteiger partial charge in [-0.3, -0.25) is 0 Å². The lowest BCUT2D eigenvalue weighted by atomic mass is 10.1. The molecule has 0 bridgehead atoms. The first-order chi connectivity index (χ1) is 8.74. The van der Waals surface area contributed by atoms with Crippen LogP contribution in [-0.2, 0) is 6.42 Å². The van der Waals surface area contributed by atoms with Crippen LogP contribution < -0.4 is 5.73 Å². The molecule has 0 amide bonds. The van der Waals surface area contributed by atoms with Crippen molar-refractivity contribution in [3.05, 3.63) is 46.7 Å². The SMILES string of the molecule is Cc1nn2c(C(N)Cc3ccccc3)nnc2s1. The van der Waals surface area contributed by atoms with Gasteiger partial charge in [0.15, 0.2) is 5.82 Å². The van der Waals surface area contributed by atoms with Crippen LogP contribution >= 0.6 is 11.3 Å². The summed E-state index contributed by atoms with van der Waals surface area (Å²) in [7, 11) is 0. The molecule has 0 aliphatic heterocycles. The quantitative estimate of drug-likeness (QED) is 0.777. The number of rotatable bonds is 3. The second-order valence-electron chi connectivity index (χ2n) is 4.17. The Hall–Kier alpha value is -1.79. The second kappa shape index (κ2) is 4.47. The van der Waals surface area contributed by atoms with E-state index in [9.17, 15) is 0 Å². The molecule has 92 valence electrons. The van der Waals surface area contributed by atoms with Crippen LogP contribution in [0.3, 0.4) is 0 Å². The molecule has 0 radical (unpaired) electrons. The summed E-state index contributed by atoms with van der Waals surface area (Å²) in [5.74, 6) is 0.721. The van der Waals surface area contributed by atoms with Gasteiger partial charge in [0.25, 0.3) is 0 Å². The maximum absolute atomic E-state index is 6.19. The van der Waals surface area contributed by atoms with Crippen molar-refractivity contribution in [2.75, 3.05) is 0 Å². The molecule has 2 N–H and O–H groups in total. The topological polar surface area (TPSA) is 69.1 Å². The van der Waals surface area contributed by atoms with Gasteiger partial charge in [-0.1, -0.05) is 41.7 Å². The summed E-state index contributed by atoms with van der Waals surface area (Å²) in [6, 6.07) is 9.94. The Labute approximate surface area is 108 Å². The molecule has 5 nitrogen and oxygen atoms in total. The fourth-order valence-corrected chi connectivity index (χ4v) is 2.61. The molecule has 3 rings (SSSR count). The Bertz CT molecular complexity index is 657. The predicted molar refractivity (Wildman–Crippen MR) is 70.5 cm³/mol. The van der Waals surface area contributed by atoms with Crippen LogP contribution in [0.25, 0.3) is 4.96 Å². The molecule has 3 aromatic rings. The smallest absolute Gasteiger partial charge is 0.234 e. The van der Waals surface area contributed by atoms with E-state index in [1.54, 1.807) is 4.52 Å². The molecule has 2 aromatic heterocycles. The largest absolute Gasteiger partial charge is 0.321 e. The molecule has 0 aliphatic rings. The summed E-state index contributed by atoms with van der Waals surface area (Å²) < 4.78 is 1.74. The van der Waals surface area contributed by atoms with E-state index in [2.05, 4.69) is 27.4 Å². The highest BCUT2D eigenvalue weighted by Gasteiger charge is 2.17. The molecule has 0 spiro atoms. The van der Waals surface area contributed by atoms with Crippen molar-refractivity contribution < 1.29 is 0 Å². The first-order valence-corrected chi connectivity index (χ1v) is 6.54. The first kappa shape index (κ1) is 11.3. The zero-order chi connectivity index (χ0) is 12.5. The van der Waals surface area contributed by atoms with Gasteiger partial charge in [-0.2, -0.15) is 9.61 Å². The van der Waals surface area contributed by atoms with Gasteiger partial charge in [0.05, 0.1) is 6.04 Å². The molecule has 1 atom stereocenters. The normalized spacial score (nSPS) is 13.0. The van der Waals surface area contributed by atoms with Crippen LogP contribution in [0.4, 0.5) is 0 Å². The fourth-order valence-electron chi connectivity index (χ4n) is 1.92. The zero-order valence-electron chi connectivity index (χ0n) is 9.95. The van der Waals surface area contributed by atoms with Gasteiger partial charge in [-0.15, -0.1) is 10.2 Å². The minimum Gasteiger partial charge on any atom is -0.321 e. The van der Waals surface area contributed by atoms with E-state index in [0.29, 0.717) is 0 Å². The Morgan fingerprint density at radius 1 is 1.28 bits per heavy atom. The van der Waals surface area contributed by atoms with E-state index < -0.39 is 0 Å². The maximum atomic E-state index is 6.19. The van der Waals surface area contributed by atoms with Crippen LogP contribution in [0.1, 0.15) is 22.4 Å². The van der Waals surface area contributed by atoms with Crippen molar-refractivity contribution >= 4 is 16.3 Å². The second-order valence-corrected chi connectivity index (χ2v) is 5.33. The average molecular weight is 259 g/mol. The molecule has 18 heavy (non-hydrogen) atoms. The summed E-state index contributed by atoms with van der Waals surface area (Å²) >= 11 is 1.52. The summed E-state index contributed by atoms with van der Waals surface area (Å²) in [5, 5.41) is 13.6. The number of fused-ring (bicyclic) bond motifs is 1. The Morgan fingerprint density at radius 2 is 2.06 bits per heavy atom. The van der Waals surface area contributed by atoms with Crippen molar-refractivity contribution in [1.82, 2.24) is 19.8 Å². The maximum Gasteiger partial charge on any atom is 0.234 e. The number of benzene rings is 1. The monoisotopic (exact) mass is 259 g/mol. The number of aromatic nitrogens is 4. The minimum atomic E-state index is -0.191. The average Bonchev–Trinajstić information content (AvgIpc) is 2.88. The Balaban J connectivity index is 1.90. The van der Waals surface area contributed by atoms with Crippen LogP contribution in [0.5, 0.6) is 0 Å². The predicted octanol–water partition coefficient (Wildman–Crippen LogP) is 1.74. The number of aryl methyl sites for hydroxylation is 1. The molecular formula is C12H13N5S. The third-order valence-corrected chi connectivity index (χ3v) is 3.56. The van der Waals surface area contributed by atoms with Crippen LogP contribution in [-0.4, -0.2) is 19.8 Å². The molecular weight excluding hydrogens is 246 g/mol. The van der Waals surface area contributed by atoms with Crippen molar-refractivity contribution in [3.8, 4) is 0 Å². The fraction of sp³-hybridized carbons (Fsp3) is 0.250. The van der Waals surface area contributed by atoms with E-state index in [1.165, 1.54) is 16.9 Å². The van der Waals surface area contributed by atoms with Gasteiger partial charge < -0.3 is 5.73 Å².